The van der Waals surface area contributed by atoms with E-state index in [2.05, 4.69) is 19.7 Å². The fourth-order valence-corrected chi connectivity index (χ4v) is 3.52. The lowest BCUT2D eigenvalue weighted by Crippen LogP contribution is -2.46. The SMILES string of the molecule is Cc1cnc(C(=O)Cc2cnc(F)c([C@]3(C)C[C@@H](C(F)(F)F)OC(N)=N3)c2)c(Cl)c1. The van der Waals surface area contributed by atoms with Crippen LogP contribution in [-0.4, -0.2) is 34.1 Å². The van der Waals surface area contributed by atoms with E-state index in [1.807, 2.05) is 0 Å². The van der Waals surface area contributed by atoms with Crippen LogP contribution in [0.3, 0.4) is 0 Å². The first-order valence-electron chi connectivity index (χ1n) is 8.78. The van der Waals surface area contributed by atoms with Gasteiger partial charge in [0.2, 0.25) is 5.95 Å². The van der Waals surface area contributed by atoms with Crippen molar-refractivity contribution in [2.45, 2.75) is 44.5 Å². The quantitative estimate of drug-likeness (QED) is 0.439. The van der Waals surface area contributed by atoms with Gasteiger partial charge in [-0.25, -0.2) is 9.98 Å². The summed E-state index contributed by atoms with van der Waals surface area (Å²) in [6, 6.07) is 2.12. The van der Waals surface area contributed by atoms with Crippen LogP contribution in [0.15, 0.2) is 29.5 Å². The first-order chi connectivity index (χ1) is 13.9. The molecule has 0 unspecified atom stereocenters. The molecule has 0 saturated heterocycles. The van der Waals surface area contributed by atoms with Crippen molar-refractivity contribution in [2.75, 3.05) is 0 Å². The highest BCUT2D eigenvalue weighted by Crippen LogP contribution is 2.40. The summed E-state index contributed by atoms with van der Waals surface area (Å²) in [5.74, 6) is -1.47. The number of carbonyl (C=O) groups excluding carboxylic acids is 1. The fourth-order valence-electron chi connectivity index (χ4n) is 3.19. The number of aromatic nitrogens is 2. The number of aryl methyl sites for hydroxylation is 1. The Morgan fingerprint density at radius 2 is 2.03 bits per heavy atom. The highest BCUT2D eigenvalue weighted by atomic mass is 35.5. The minimum atomic E-state index is -4.72. The number of carbonyl (C=O) groups is 1. The van der Waals surface area contributed by atoms with Crippen LogP contribution in [0, 0.1) is 12.9 Å². The van der Waals surface area contributed by atoms with E-state index < -0.39 is 42.0 Å². The van der Waals surface area contributed by atoms with Crippen LogP contribution >= 0.6 is 11.6 Å². The normalized spacial score (nSPS) is 21.7. The van der Waals surface area contributed by atoms with Gasteiger partial charge in [0.05, 0.1) is 10.6 Å². The molecule has 0 amide bonds. The smallest absolute Gasteiger partial charge is 0.425 e. The molecule has 0 bridgehead atoms. The van der Waals surface area contributed by atoms with Crippen LogP contribution in [0.25, 0.3) is 0 Å². The zero-order valence-corrected chi connectivity index (χ0v) is 16.7. The largest absolute Gasteiger partial charge is 0.452 e. The lowest BCUT2D eigenvalue weighted by molar-refractivity contribution is -0.208. The molecular weight excluding hydrogens is 428 g/mol. The van der Waals surface area contributed by atoms with Crippen LogP contribution in [0.4, 0.5) is 17.6 Å². The third kappa shape index (κ3) is 4.53. The molecule has 2 aromatic heterocycles. The average Bonchev–Trinajstić information content (AvgIpc) is 2.61. The van der Waals surface area contributed by atoms with Crippen molar-refractivity contribution in [3.05, 3.63) is 57.9 Å². The fraction of sp³-hybridized carbons (Fsp3) is 0.368. The number of halogens is 5. The third-order valence-electron chi connectivity index (χ3n) is 4.65. The van der Waals surface area contributed by atoms with Gasteiger partial charge in [-0.15, -0.1) is 0 Å². The van der Waals surface area contributed by atoms with E-state index in [1.165, 1.54) is 19.2 Å². The molecule has 0 radical (unpaired) electrons. The molecule has 6 nitrogen and oxygen atoms in total. The van der Waals surface area contributed by atoms with Crippen molar-refractivity contribution in [3.8, 4) is 0 Å². The molecule has 0 saturated carbocycles. The molecule has 1 aliphatic heterocycles. The second-order valence-corrected chi connectivity index (χ2v) is 7.61. The van der Waals surface area contributed by atoms with Crippen molar-refractivity contribution >= 4 is 23.4 Å². The zero-order chi connectivity index (χ0) is 22.3. The summed E-state index contributed by atoms with van der Waals surface area (Å²) in [6.07, 6.45) is -5.29. The zero-order valence-electron chi connectivity index (χ0n) is 15.9. The highest BCUT2D eigenvalue weighted by Gasteiger charge is 2.50. The summed E-state index contributed by atoms with van der Waals surface area (Å²) in [5, 5.41) is 0.164. The molecule has 2 aromatic rings. The van der Waals surface area contributed by atoms with Gasteiger partial charge in [-0.2, -0.15) is 17.6 Å². The van der Waals surface area contributed by atoms with Gasteiger partial charge in [0.25, 0.3) is 6.02 Å². The first-order valence-corrected chi connectivity index (χ1v) is 9.16. The minimum Gasteiger partial charge on any atom is -0.452 e. The number of Topliss-reactive ketones (excluding diaryl/α,β-unsaturated/α-hetero) is 1. The van der Waals surface area contributed by atoms with Gasteiger partial charge in [-0.05, 0) is 37.1 Å². The van der Waals surface area contributed by atoms with Crippen LogP contribution < -0.4 is 5.73 Å². The predicted octanol–water partition coefficient (Wildman–Crippen LogP) is 3.88. The molecule has 0 fully saturated rings. The maximum atomic E-state index is 14.5. The van der Waals surface area contributed by atoms with Crippen molar-refractivity contribution in [2.24, 2.45) is 10.7 Å². The van der Waals surface area contributed by atoms with Crippen LogP contribution in [-0.2, 0) is 16.7 Å². The third-order valence-corrected chi connectivity index (χ3v) is 4.94. The molecule has 0 aliphatic carbocycles. The van der Waals surface area contributed by atoms with E-state index in [1.54, 1.807) is 13.0 Å². The number of ketones is 1. The molecule has 1 aliphatic rings. The van der Waals surface area contributed by atoms with E-state index >= 15 is 0 Å². The second-order valence-electron chi connectivity index (χ2n) is 7.20. The summed E-state index contributed by atoms with van der Waals surface area (Å²) < 4.78 is 58.5. The number of hydrogen-bond acceptors (Lipinski definition) is 6. The molecule has 3 rings (SSSR count). The number of aliphatic imine (C=N–C) groups is 1. The maximum Gasteiger partial charge on any atom is 0.425 e. The summed E-state index contributed by atoms with van der Waals surface area (Å²) in [7, 11) is 0. The summed E-state index contributed by atoms with van der Waals surface area (Å²) in [4.78, 5) is 24.0. The molecule has 2 atom stereocenters. The van der Waals surface area contributed by atoms with Gasteiger partial charge in [-0.1, -0.05) is 11.6 Å². The van der Waals surface area contributed by atoms with Gasteiger partial charge in [0, 0.05) is 30.8 Å². The van der Waals surface area contributed by atoms with Gasteiger partial charge in [0.1, 0.15) is 5.69 Å². The Bertz CT molecular complexity index is 1030. The van der Waals surface area contributed by atoms with Crippen molar-refractivity contribution < 1.29 is 27.1 Å². The topological polar surface area (TPSA) is 90.5 Å². The van der Waals surface area contributed by atoms with Gasteiger partial charge in [0.15, 0.2) is 11.9 Å². The number of hydrogen-bond donors (Lipinski definition) is 1. The number of pyridine rings is 2. The molecule has 160 valence electrons. The van der Waals surface area contributed by atoms with Gasteiger partial charge < -0.3 is 10.5 Å². The van der Waals surface area contributed by atoms with Gasteiger partial charge >= 0.3 is 6.18 Å². The summed E-state index contributed by atoms with van der Waals surface area (Å²) >= 11 is 6.05. The molecule has 2 N–H and O–H groups in total. The van der Waals surface area contributed by atoms with E-state index in [9.17, 15) is 22.4 Å². The Labute approximate surface area is 174 Å². The van der Waals surface area contributed by atoms with Crippen molar-refractivity contribution in [1.82, 2.24) is 9.97 Å². The molecule has 0 spiro atoms. The molecular formula is C19H17ClF4N4O2. The second kappa shape index (κ2) is 7.82. The first kappa shape index (κ1) is 21.9. The summed E-state index contributed by atoms with van der Waals surface area (Å²) in [5.41, 5.74) is 4.57. The van der Waals surface area contributed by atoms with Gasteiger partial charge in [-0.3, -0.25) is 9.78 Å². The number of rotatable bonds is 4. The van der Waals surface area contributed by atoms with E-state index in [0.717, 1.165) is 11.8 Å². The monoisotopic (exact) mass is 444 g/mol. The Balaban J connectivity index is 1.93. The summed E-state index contributed by atoms with van der Waals surface area (Å²) in [6.45, 7) is 3.06. The Morgan fingerprint density at radius 1 is 1.33 bits per heavy atom. The van der Waals surface area contributed by atoms with Crippen LogP contribution in [0.1, 0.15) is 40.5 Å². The maximum absolute atomic E-state index is 14.5. The number of nitrogens with zero attached hydrogens (tertiary/aromatic N) is 3. The number of amidine groups is 1. The molecule has 11 heteroatoms. The highest BCUT2D eigenvalue weighted by molar-refractivity contribution is 6.33. The van der Waals surface area contributed by atoms with Crippen LogP contribution in [0.5, 0.6) is 0 Å². The number of nitrogens with two attached hydrogens (primary N) is 1. The lowest BCUT2D eigenvalue weighted by Gasteiger charge is -2.35. The molecule has 3 heterocycles. The minimum absolute atomic E-state index is 0.0322. The predicted molar refractivity (Wildman–Crippen MR) is 101 cm³/mol. The average molecular weight is 445 g/mol. The lowest BCUT2D eigenvalue weighted by atomic mass is 9.85. The Morgan fingerprint density at radius 3 is 2.67 bits per heavy atom. The standard InChI is InChI=1S/C19H17ClF4N4O2/c1-9-3-12(20)15(26-7-9)13(29)5-10-4-11(16(21)27-8-10)18(2)6-14(19(22,23)24)30-17(25)28-18/h3-4,7-8,14H,5-6H2,1-2H3,(H2,25,28)/t14-,18-/m0/s1. The molecule has 30 heavy (non-hydrogen) atoms. The van der Waals surface area contributed by atoms with Crippen molar-refractivity contribution in [3.63, 3.8) is 0 Å². The number of ether oxygens (including phenoxy) is 1. The van der Waals surface area contributed by atoms with Crippen molar-refractivity contribution in [1.29, 1.82) is 0 Å². The molecule has 0 aromatic carbocycles. The Hall–Kier alpha value is -2.75. The Kier molecular flexibility index (Phi) is 5.72. The van der Waals surface area contributed by atoms with E-state index in [-0.39, 0.29) is 28.3 Å². The van der Waals surface area contributed by atoms with Crippen LogP contribution in [0.2, 0.25) is 5.02 Å². The van der Waals surface area contributed by atoms with E-state index in [4.69, 9.17) is 17.3 Å². The van der Waals surface area contributed by atoms with E-state index in [0.29, 0.717) is 0 Å². The number of alkyl halides is 3.